The van der Waals surface area contributed by atoms with E-state index in [1.807, 2.05) is 0 Å². The quantitative estimate of drug-likeness (QED) is 0.674. The fourth-order valence-electron chi connectivity index (χ4n) is 1.17. The van der Waals surface area contributed by atoms with Gasteiger partial charge in [-0.3, -0.25) is 4.98 Å². The SMILES string of the molecule is Nc1cnc2c(F)ccc(F)c2c1. The maximum absolute atomic E-state index is 13.1. The zero-order valence-corrected chi connectivity index (χ0v) is 6.59. The number of hydrogen-bond donors (Lipinski definition) is 1. The summed E-state index contributed by atoms with van der Waals surface area (Å²) in [7, 11) is 0. The molecule has 1 aromatic carbocycles. The van der Waals surface area contributed by atoms with Gasteiger partial charge in [-0.05, 0) is 18.2 Å². The smallest absolute Gasteiger partial charge is 0.149 e. The number of hydrogen-bond acceptors (Lipinski definition) is 2. The monoisotopic (exact) mass is 180 g/mol. The fourth-order valence-corrected chi connectivity index (χ4v) is 1.17. The Bertz CT molecular complexity index is 468. The predicted molar refractivity (Wildman–Crippen MR) is 46.1 cm³/mol. The average Bonchev–Trinajstić information content (AvgIpc) is 2.12. The molecule has 2 N–H and O–H groups in total. The molecular formula is C9H6F2N2. The lowest BCUT2D eigenvalue weighted by Gasteiger charge is -2.00. The van der Waals surface area contributed by atoms with Gasteiger partial charge >= 0.3 is 0 Å². The van der Waals surface area contributed by atoms with Crippen molar-refractivity contribution in [1.82, 2.24) is 4.98 Å². The first-order valence-electron chi connectivity index (χ1n) is 3.68. The van der Waals surface area contributed by atoms with Gasteiger partial charge in [0.05, 0.1) is 11.9 Å². The lowest BCUT2D eigenvalue weighted by Crippen LogP contribution is -1.91. The molecule has 0 saturated carbocycles. The summed E-state index contributed by atoms with van der Waals surface area (Å²) in [6.45, 7) is 0. The maximum Gasteiger partial charge on any atom is 0.149 e. The van der Waals surface area contributed by atoms with Crippen LogP contribution in [0.25, 0.3) is 10.9 Å². The summed E-state index contributed by atoms with van der Waals surface area (Å²) >= 11 is 0. The molecule has 0 radical (unpaired) electrons. The molecule has 66 valence electrons. The molecule has 2 rings (SSSR count). The van der Waals surface area contributed by atoms with E-state index in [1.54, 1.807) is 0 Å². The number of anilines is 1. The highest BCUT2D eigenvalue weighted by Crippen LogP contribution is 2.20. The number of nitrogens with zero attached hydrogens (tertiary/aromatic N) is 1. The first-order chi connectivity index (χ1) is 6.18. The second-order valence-electron chi connectivity index (χ2n) is 2.69. The molecule has 0 aliphatic heterocycles. The van der Waals surface area contributed by atoms with Crippen molar-refractivity contribution < 1.29 is 8.78 Å². The zero-order valence-electron chi connectivity index (χ0n) is 6.59. The molecule has 0 amide bonds. The Balaban J connectivity index is 2.92. The summed E-state index contributed by atoms with van der Waals surface area (Å²) in [4.78, 5) is 3.70. The van der Waals surface area contributed by atoms with Crippen LogP contribution < -0.4 is 5.73 Å². The Morgan fingerprint density at radius 1 is 1.15 bits per heavy atom. The lowest BCUT2D eigenvalue weighted by atomic mass is 10.2. The predicted octanol–water partition coefficient (Wildman–Crippen LogP) is 2.10. The molecule has 0 spiro atoms. The van der Waals surface area contributed by atoms with E-state index in [1.165, 1.54) is 12.3 Å². The number of halogens is 2. The Kier molecular flexibility index (Phi) is 1.62. The Morgan fingerprint density at radius 3 is 2.62 bits per heavy atom. The van der Waals surface area contributed by atoms with Gasteiger partial charge in [0.25, 0.3) is 0 Å². The van der Waals surface area contributed by atoms with Gasteiger partial charge in [-0.2, -0.15) is 0 Å². The number of rotatable bonds is 0. The van der Waals surface area contributed by atoms with Gasteiger partial charge in [0, 0.05) is 5.39 Å². The van der Waals surface area contributed by atoms with Crippen molar-refractivity contribution in [2.75, 3.05) is 5.73 Å². The number of aromatic nitrogens is 1. The third kappa shape index (κ3) is 1.20. The molecule has 4 heteroatoms. The molecule has 1 heterocycles. The van der Waals surface area contributed by atoms with E-state index in [0.29, 0.717) is 5.69 Å². The Labute approximate surface area is 73.0 Å². The molecule has 0 fully saturated rings. The van der Waals surface area contributed by atoms with Crippen molar-refractivity contribution in [3.63, 3.8) is 0 Å². The summed E-state index contributed by atoms with van der Waals surface area (Å²) in [5.74, 6) is -1.06. The van der Waals surface area contributed by atoms with Crippen LogP contribution >= 0.6 is 0 Å². The van der Waals surface area contributed by atoms with Gasteiger partial charge in [-0.15, -0.1) is 0 Å². The summed E-state index contributed by atoms with van der Waals surface area (Å²) in [6, 6.07) is 3.46. The molecule has 0 aliphatic rings. The van der Waals surface area contributed by atoms with Gasteiger partial charge < -0.3 is 5.73 Å². The van der Waals surface area contributed by atoms with Crippen LogP contribution in [-0.2, 0) is 0 Å². The van der Waals surface area contributed by atoms with E-state index >= 15 is 0 Å². The topological polar surface area (TPSA) is 38.9 Å². The lowest BCUT2D eigenvalue weighted by molar-refractivity contribution is 0.615. The third-order valence-electron chi connectivity index (χ3n) is 1.77. The molecule has 2 nitrogen and oxygen atoms in total. The molecule has 0 atom stereocenters. The largest absolute Gasteiger partial charge is 0.397 e. The van der Waals surface area contributed by atoms with Crippen molar-refractivity contribution >= 4 is 16.6 Å². The zero-order chi connectivity index (χ0) is 9.42. The van der Waals surface area contributed by atoms with Gasteiger partial charge in [0.1, 0.15) is 17.2 Å². The fraction of sp³-hybridized carbons (Fsp3) is 0. The van der Waals surface area contributed by atoms with Gasteiger partial charge in [0.15, 0.2) is 0 Å². The Hall–Kier alpha value is -1.71. The van der Waals surface area contributed by atoms with Crippen LogP contribution in [0.3, 0.4) is 0 Å². The average molecular weight is 180 g/mol. The van der Waals surface area contributed by atoms with Crippen molar-refractivity contribution in [3.8, 4) is 0 Å². The minimum atomic E-state index is -0.545. The van der Waals surface area contributed by atoms with Crippen molar-refractivity contribution in [3.05, 3.63) is 36.0 Å². The Morgan fingerprint density at radius 2 is 1.85 bits per heavy atom. The summed E-state index contributed by atoms with van der Waals surface area (Å²) in [6.07, 6.45) is 1.30. The number of benzene rings is 1. The van der Waals surface area contributed by atoms with Gasteiger partial charge in [-0.1, -0.05) is 0 Å². The van der Waals surface area contributed by atoms with Crippen molar-refractivity contribution in [2.24, 2.45) is 0 Å². The van der Waals surface area contributed by atoms with E-state index in [-0.39, 0.29) is 10.9 Å². The van der Waals surface area contributed by atoms with Crippen molar-refractivity contribution in [2.45, 2.75) is 0 Å². The van der Waals surface area contributed by atoms with Crippen LogP contribution in [0.15, 0.2) is 24.4 Å². The van der Waals surface area contributed by atoms with Crippen molar-refractivity contribution in [1.29, 1.82) is 0 Å². The molecule has 1 aromatic heterocycles. The standard InChI is InChI=1S/C9H6F2N2/c10-7-1-2-8(11)9-6(7)3-5(12)4-13-9/h1-4H,12H2. The third-order valence-corrected chi connectivity index (χ3v) is 1.77. The van der Waals surface area contributed by atoms with E-state index in [4.69, 9.17) is 5.73 Å². The molecular weight excluding hydrogens is 174 g/mol. The first kappa shape index (κ1) is 7.91. The van der Waals surface area contributed by atoms with E-state index in [0.717, 1.165) is 12.1 Å². The van der Waals surface area contributed by atoms with E-state index in [9.17, 15) is 8.78 Å². The molecule has 0 saturated heterocycles. The van der Waals surface area contributed by atoms with E-state index < -0.39 is 11.6 Å². The molecule has 2 aromatic rings. The van der Waals surface area contributed by atoms with Crippen LogP contribution in [0.1, 0.15) is 0 Å². The van der Waals surface area contributed by atoms with Crippen LogP contribution in [0, 0.1) is 11.6 Å². The highest BCUT2D eigenvalue weighted by Gasteiger charge is 2.06. The highest BCUT2D eigenvalue weighted by molar-refractivity contribution is 5.82. The minimum Gasteiger partial charge on any atom is -0.397 e. The number of pyridine rings is 1. The molecule has 0 bridgehead atoms. The van der Waals surface area contributed by atoms with Crippen LogP contribution in [0.5, 0.6) is 0 Å². The minimum absolute atomic E-state index is 0.00852. The second kappa shape index (κ2) is 2.65. The molecule has 0 unspecified atom stereocenters. The summed E-state index contributed by atoms with van der Waals surface area (Å²) in [5, 5.41) is 0.111. The van der Waals surface area contributed by atoms with Crippen LogP contribution in [0.4, 0.5) is 14.5 Å². The molecule has 13 heavy (non-hydrogen) atoms. The van der Waals surface area contributed by atoms with Gasteiger partial charge in [0.2, 0.25) is 0 Å². The second-order valence-corrected chi connectivity index (χ2v) is 2.69. The summed E-state index contributed by atoms with van der Waals surface area (Å²) < 4.78 is 26.1. The highest BCUT2D eigenvalue weighted by atomic mass is 19.1. The number of fused-ring (bicyclic) bond motifs is 1. The van der Waals surface area contributed by atoms with Gasteiger partial charge in [-0.25, -0.2) is 8.78 Å². The first-order valence-corrected chi connectivity index (χ1v) is 3.68. The van der Waals surface area contributed by atoms with Crippen LogP contribution in [-0.4, -0.2) is 4.98 Å². The van der Waals surface area contributed by atoms with E-state index in [2.05, 4.69) is 4.98 Å². The summed E-state index contributed by atoms with van der Waals surface area (Å²) in [5.41, 5.74) is 5.72. The molecule has 0 aliphatic carbocycles. The number of nitrogen functional groups attached to an aromatic ring is 1. The van der Waals surface area contributed by atoms with Crippen LogP contribution in [0.2, 0.25) is 0 Å². The maximum atomic E-state index is 13.1. The normalized spacial score (nSPS) is 10.6. The number of nitrogens with two attached hydrogens (primary N) is 1.